The summed E-state index contributed by atoms with van der Waals surface area (Å²) in [4.78, 5) is 27.2. The van der Waals surface area contributed by atoms with Crippen LogP contribution in [0.3, 0.4) is 0 Å². The number of alkyl carbamates (subject to hydrolysis) is 1. The van der Waals surface area contributed by atoms with Crippen molar-refractivity contribution >= 4 is 17.9 Å². The van der Waals surface area contributed by atoms with Gasteiger partial charge in [-0.3, -0.25) is 0 Å². The zero-order valence-electron chi connectivity index (χ0n) is 17.4. The summed E-state index contributed by atoms with van der Waals surface area (Å²) in [5, 5.41) is 12.6. The number of nitrogens with zero attached hydrogens (tertiary/aromatic N) is 2. The van der Waals surface area contributed by atoms with Crippen molar-refractivity contribution in [3.63, 3.8) is 0 Å². The Balaban J connectivity index is 1.50. The van der Waals surface area contributed by atoms with Crippen molar-refractivity contribution in [3.8, 4) is 0 Å². The molecule has 5 unspecified atom stereocenters. The van der Waals surface area contributed by atoms with Crippen molar-refractivity contribution < 1.29 is 28.6 Å². The predicted octanol–water partition coefficient (Wildman–Crippen LogP) is 2.98. The number of hydrogen-bond acceptors (Lipinski definition) is 5. The van der Waals surface area contributed by atoms with Crippen molar-refractivity contribution in [1.29, 1.82) is 0 Å². The first-order valence-electron chi connectivity index (χ1n) is 10.9. The Morgan fingerprint density at radius 2 is 1.90 bits per heavy atom. The van der Waals surface area contributed by atoms with Crippen LogP contribution >= 0.6 is 0 Å². The van der Waals surface area contributed by atoms with Gasteiger partial charge in [-0.25, -0.2) is 14.0 Å². The number of para-hydroxylation sites is 1. The zero-order valence-corrected chi connectivity index (χ0v) is 17.4. The molecule has 9 heteroatoms. The molecule has 0 radical (unpaired) electrons. The summed E-state index contributed by atoms with van der Waals surface area (Å²) in [7, 11) is 1.29. The van der Waals surface area contributed by atoms with Gasteiger partial charge in [-0.05, 0) is 44.2 Å². The molecule has 5 aliphatic heterocycles. The van der Waals surface area contributed by atoms with Crippen LogP contribution in [0.2, 0.25) is 0 Å². The summed E-state index contributed by atoms with van der Waals surface area (Å²) >= 11 is 0. The van der Waals surface area contributed by atoms with Gasteiger partial charge in [0.05, 0.1) is 24.7 Å². The number of carboxylic acid groups (broad SMARTS) is 1. The average Bonchev–Trinajstić information content (AvgIpc) is 2.73. The zero-order chi connectivity index (χ0) is 21.8. The number of carbonyl (C=O) groups excluding carboxylic acids is 1. The number of alkyl halides is 1. The minimum atomic E-state index is -1.38. The van der Waals surface area contributed by atoms with Crippen LogP contribution in [0.1, 0.15) is 32.1 Å². The maximum absolute atomic E-state index is 16.3. The van der Waals surface area contributed by atoms with E-state index in [-0.39, 0.29) is 18.2 Å². The SMILES string of the molecule is COC(=O)NC1CCN(c2ccccc2)C(F)C1C12CC3CC(CC(C1)N3C(=O)O)O2. The molecule has 5 aliphatic rings. The van der Waals surface area contributed by atoms with E-state index in [1.54, 1.807) is 9.80 Å². The Kier molecular flexibility index (Phi) is 4.96. The molecule has 5 fully saturated rings. The molecule has 5 saturated heterocycles. The van der Waals surface area contributed by atoms with Crippen LogP contribution in [-0.2, 0) is 9.47 Å². The lowest BCUT2D eigenvalue weighted by Crippen LogP contribution is -2.74. The van der Waals surface area contributed by atoms with Crippen LogP contribution in [0.5, 0.6) is 0 Å². The van der Waals surface area contributed by atoms with Gasteiger partial charge >= 0.3 is 12.2 Å². The number of methoxy groups -OCH3 is 1. The number of halogens is 1. The minimum Gasteiger partial charge on any atom is -0.465 e. The maximum atomic E-state index is 16.3. The summed E-state index contributed by atoms with van der Waals surface area (Å²) in [6, 6.07) is 8.58. The van der Waals surface area contributed by atoms with E-state index in [0.717, 1.165) is 5.69 Å². The van der Waals surface area contributed by atoms with Crippen molar-refractivity contribution in [1.82, 2.24) is 10.2 Å². The normalized spacial score (nSPS) is 38.8. The molecular formula is C22H28FN3O5. The lowest BCUT2D eigenvalue weighted by molar-refractivity contribution is -0.263. The Hall–Kier alpha value is -2.55. The largest absolute Gasteiger partial charge is 0.465 e. The second-order valence-electron chi connectivity index (χ2n) is 9.14. The molecule has 5 atom stereocenters. The van der Waals surface area contributed by atoms with Crippen LogP contribution in [0.4, 0.5) is 19.7 Å². The lowest BCUT2D eigenvalue weighted by atomic mass is 9.63. The van der Waals surface area contributed by atoms with E-state index < -0.39 is 36.0 Å². The van der Waals surface area contributed by atoms with Crippen LogP contribution in [0.25, 0.3) is 0 Å². The monoisotopic (exact) mass is 433 g/mol. The van der Waals surface area contributed by atoms with E-state index in [2.05, 4.69) is 5.32 Å². The molecule has 0 saturated carbocycles. The summed E-state index contributed by atoms with van der Waals surface area (Å²) in [6.45, 7) is 0.448. The minimum absolute atomic E-state index is 0.0776. The highest BCUT2D eigenvalue weighted by atomic mass is 19.1. The van der Waals surface area contributed by atoms with E-state index in [1.807, 2.05) is 30.3 Å². The highest BCUT2D eigenvalue weighted by molar-refractivity contribution is 5.68. The predicted molar refractivity (Wildman–Crippen MR) is 110 cm³/mol. The summed E-state index contributed by atoms with van der Waals surface area (Å²) in [6.07, 6.45) is -0.246. The number of ether oxygens (including phenoxy) is 2. The fraction of sp³-hybridized carbons (Fsp3) is 0.636. The lowest BCUT2D eigenvalue weighted by Gasteiger charge is -2.64. The van der Waals surface area contributed by atoms with Crippen molar-refractivity contribution in [2.24, 2.45) is 5.92 Å². The quantitative estimate of drug-likeness (QED) is 0.713. The molecule has 0 spiro atoms. The van der Waals surface area contributed by atoms with E-state index in [0.29, 0.717) is 38.6 Å². The number of carbonyl (C=O) groups is 2. The molecule has 0 aliphatic carbocycles. The Bertz CT molecular complexity index is 839. The molecule has 31 heavy (non-hydrogen) atoms. The molecule has 0 aromatic heterocycles. The first-order valence-corrected chi connectivity index (χ1v) is 10.9. The van der Waals surface area contributed by atoms with Gasteiger partial charge in [-0.2, -0.15) is 0 Å². The smallest absolute Gasteiger partial charge is 0.407 e. The fourth-order valence-corrected chi connectivity index (χ4v) is 6.51. The average molecular weight is 433 g/mol. The standard InChI is InChI=1S/C22H28FN3O5/c1-30-20(27)24-17-7-8-25(13-5-3-2-4-6-13)19(23)18(17)22-11-14-9-16(31-22)10-15(12-22)26(14)21(28)29/h2-6,14-19H,7-12H2,1H3,(H,24,27)(H,28,29). The molecular weight excluding hydrogens is 405 g/mol. The number of benzene rings is 1. The second-order valence-corrected chi connectivity index (χ2v) is 9.14. The van der Waals surface area contributed by atoms with Crippen LogP contribution < -0.4 is 10.2 Å². The number of hydrogen-bond donors (Lipinski definition) is 2. The molecule has 1 aromatic rings. The van der Waals surface area contributed by atoms with Gasteiger partial charge in [-0.15, -0.1) is 0 Å². The van der Waals surface area contributed by atoms with Crippen molar-refractivity contribution in [2.45, 2.75) is 68.2 Å². The first-order chi connectivity index (χ1) is 14.9. The van der Waals surface area contributed by atoms with E-state index in [9.17, 15) is 14.7 Å². The van der Waals surface area contributed by atoms with Crippen molar-refractivity contribution in [2.75, 3.05) is 18.6 Å². The highest BCUT2D eigenvalue weighted by Gasteiger charge is 2.63. The Morgan fingerprint density at radius 3 is 2.52 bits per heavy atom. The number of nitrogens with one attached hydrogen (secondary N) is 1. The topological polar surface area (TPSA) is 91.3 Å². The molecule has 168 valence electrons. The van der Waals surface area contributed by atoms with Gasteiger partial charge in [0.15, 0.2) is 6.30 Å². The number of rotatable bonds is 3. The van der Waals surface area contributed by atoms with Crippen LogP contribution in [0.15, 0.2) is 30.3 Å². The highest BCUT2D eigenvalue weighted by Crippen LogP contribution is 2.54. The first kappa shape index (κ1) is 20.4. The van der Waals surface area contributed by atoms with E-state index in [1.165, 1.54) is 7.11 Å². The van der Waals surface area contributed by atoms with Gasteiger partial charge in [-0.1, -0.05) is 18.2 Å². The fourth-order valence-electron chi connectivity index (χ4n) is 6.51. The number of piperidine rings is 3. The number of anilines is 1. The van der Waals surface area contributed by atoms with Crippen LogP contribution in [-0.4, -0.2) is 72.0 Å². The van der Waals surface area contributed by atoms with Gasteiger partial charge in [0.2, 0.25) is 0 Å². The molecule has 2 N–H and O–H groups in total. The second kappa shape index (κ2) is 7.55. The van der Waals surface area contributed by atoms with Gasteiger partial charge in [0.1, 0.15) is 0 Å². The molecule has 1 aromatic carbocycles. The van der Waals surface area contributed by atoms with E-state index >= 15 is 4.39 Å². The summed E-state index contributed by atoms with van der Waals surface area (Å²) in [5.74, 6) is -0.635. The molecule has 4 bridgehead atoms. The Morgan fingerprint density at radius 1 is 1.23 bits per heavy atom. The molecule has 2 amide bonds. The molecule has 5 heterocycles. The van der Waals surface area contributed by atoms with Gasteiger partial charge < -0.3 is 29.7 Å². The third kappa shape index (κ3) is 3.30. The molecule has 8 nitrogen and oxygen atoms in total. The van der Waals surface area contributed by atoms with E-state index in [4.69, 9.17) is 9.47 Å². The Labute approximate surface area is 180 Å². The van der Waals surface area contributed by atoms with Gasteiger partial charge in [0, 0.05) is 30.4 Å². The van der Waals surface area contributed by atoms with Crippen molar-refractivity contribution in [3.05, 3.63) is 30.3 Å². The maximum Gasteiger partial charge on any atom is 0.407 e. The van der Waals surface area contributed by atoms with Crippen LogP contribution in [0, 0.1) is 5.92 Å². The number of amides is 2. The summed E-state index contributed by atoms with van der Waals surface area (Å²) in [5.41, 5.74) is -0.0329. The van der Waals surface area contributed by atoms with Gasteiger partial charge in [0.25, 0.3) is 0 Å². The molecule has 6 rings (SSSR count). The third-order valence-electron chi connectivity index (χ3n) is 7.53. The summed E-state index contributed by atoms with van der Waals surface area (Å²) < 4.78 is 27.6. The third-order valence-corrected chi connectivity index (χ3v) is 7.53.